The van der Waals surface area contributed by atoms with Gasteiger partial charge in [0.25, 0.3) is 10.2 Å². The first-order valence-electron chi connectivity index (χ1n) is 6.03. The highest BCUT2D eigenvalue weighted by Gasteiger charge is 2.09. The van der Waals surface area contributed by atoms with E-state index >= 15 is 0 Å². The molecule has 0 saturated carbocycles. The second-order valence-electron chi connectivity index (χ2n) is 3.82. The molecule has 1 aromatic carbocycles. The molecule has 0 fully saturated rings. The summed E-state index contributed by atoms with van der Waals surface area (Å²) in [4.78, 5) is 11.5. The van der Waals surface area contributed by atoms with Crippen LogP contribution >= 0.6 is 0 Å². The molecule has 0 aliphatic carbocycles. The molecule has 0 atom stereocenters. The molecule has 0 aliphatic rings. The van der Waals surface area contributed by atoms with Gasteiger partial charge >= 0.3 is 5.97 Å². The summed E-state index contributed by atoms with van der Waals surface area (Å²) in [5.74, 6) is -0.414. The van der Waals surface area contributed by atoms with Gasteiger partial charge in [0.05, 0.1) is 12.2 Å². The van der Waals surface area contributed by atoms with Crippen LogP contribution in [0.15, 0.2) is 24.3 Å². The Bertz CT molecular complexity index is 511. The van der Waals surface area contributed by atoms with Crippen molar-refractivity contribution in [3.05, 3.63) is 29.8 Å². The van der Waals surface area contributed by atoms with Gasteiger partial charge in [0.15, 0.2) is 0 Å². The van der Waals surface area contributed by atoms with Crippen molar-refractivity contribution in [1.29, 1.82) is 0 Å². The fraction of sp³-hybridized carbons (Fsp3) is 0.417. The molecule has 0 aliphatic heterocycles. The molecule has 0 unspecified atom stereocenters. The molecular weight excluding hydrogens is 268 g/mol. The lowest BCUT2D eigenvalue weighted by atomic mass is 10.2. The number of carbonyl (C=O) groups excluding carboxylic acids is 1. The van der Waals surface area contributed by atoms with Crippen LogP contribution in [-0.2, 0) is 14.9 Å². The Morgan fingerprint density at radius 2 is 1.84 bits per heavy atom. The van der Waals surface area contributed by atoms with Crippen LogP contribution < -0.4 is 9.44 Å². The molecule has 0 saturated heterocycles. The molecule has 106 valence electrons. The fourth-order valence-electron chi connectivity index (χ4n) is 1.33. The molecule has 1 aromatic rings. The first-order chi connectivity index (χ1) is 8.98. The van der Waals surface area contributed by atoms with Gasteiger partial charge in [-0.15, -0.1) is 0 Å². The lowest BCUT2D eigenvalue weighted by Gasteiger charge is -2.08. The van der Waals surface area contributed by atoms with Crippen molar-refractivity contribution in [1.82, 2.24) is 4.72 Å². The van der Waals surface area contributed by atoms with Crippen molar-refractivity contribution >= 4 is 21.9 Å². The predicted molar refractivity (Wildman–Crippen MR) is 73.2 cm³/mol. The number of hydrogen-bond acceptors (Lipinski definition) is 4. The third-order valence-electron chi connectivity index (χ3n) is 2.14. The normalized spacial score (nSPS) is 11.1. The number of carbonyl (C=O) groups is 1. The highest BCUT2D eigenvalue weighted by atomic mass is 32.2. The van der Waals surface area contributed by atoms with Gasteiger partial charge in [0.1, 0.15) is 0 Å². The summed E-state index contributed by atoms with van der Waals surface area (Å²) in [6, 6.07) is 6.05. The van der Waals surface area contributed by atoms with Crippen LogP contribution in [0, 0.1) is 0 Å². The number of esters is 1. The maximum Gasteiger partial charge on any atom is 0.338 e. The molecule has 2 N–H and O–H groups in total. The van der Waals surface area contributed by atoms with E-state index < -0.39 is 16.2 Å². The van der Waals surface area contributed by atoms with Crippen molar-refractivity contribution in [3.63, 3.8) is 0 Å². The van der Waals surface area contributed by atoms with Crippen LogP contribution in [0.1, 0.15) is 30.6 Å². The zero-order chi connectivity index (χ0) is 14.3. The van der Waals surface area contributed by atoms with Crippen LogP contribution in [0.5, 0.6) is 0 Å². The molecule has 6 nitrogen and oxygen atoms in total. The summed E-state index contributed by atoms with van der Waals surface area (Å²) in [7, 11) is -3.55. The quantitative estimate of drug-likeness (QED) is 0.744. The third-order valence-corrected chi connectivity index (χ3v) is 3.32. The van der Waals surface area contributed by atoms with E-state index in [0.717, 1.165) is 6.42 Å². The van der Waals surface area contributed by atoms with E-state index in [9.17, 15) is 13.2 Å². The zero-order valence-electron chi connectivity index (χ0n) is 11.0. The molecule has 0 bridgehead atoms. The van der Waals surface area contributed by atoms with Gasteiger partial charge in [-0.25, -0.2) is 4.79 Å². The molecule has 0 aromatic heterocycles. The molecule has 0 spiro atoms. The smallest absolute Gasteiger partial charge is 0.338 e. The highest BCUT2D eigenvalue weighted by molar-refractivity contribution is 7.90. The Hall–Kier alpha value is -1.60. The molecule has 0 heterocycles. The lowest BCUT2D eigenvalue weighted by Crippen LogP contribution is -2.29. The van der Waals surface area contributed by atoms with Crippen molar-refractivity contribution in [2.45, 2.75) is 20.3 Å². The van der Waals surface area contributed by atoms with E-state index in [2.05, 4.69) is 9.44 Å². The Kier molecular flexibility index (Phi) is 5.78. The maximum absolute atomic E-state index is 11.5. The summed E-state index contributed by atoms with van der Waals surface area (Å²) < 4.78 is 32.5. The van der Waals surface area contributed by atoms with Crippen LogP contribution in [0.25, 0.3) is 0 Å². The van der Waals surface area contributed by atoms with Gasteiger partial charge < -0.3 is 4.74 Å². The number of hydrogen-bond donors (Lipinski definition) is 2. The first kappa shape index (κ1) is 15.5. The minimum absolute atomic E-state index is 0.302. The topological polar surface area (TPSA) is 84.5 Å². The number of benzene rings is 1. The Morgan fingerprint density at radius 1 is 1.21 bits per heavy atom. The fourth-order valence-corrected chi connectivity index (χ4v) is 2.23. The van der Waals surface area contributed by atoms with Crippen molar-refractivity contribution in [3.8, 4) is 0 Å². The average Bonchev–Trinajstić information content (AvgIpc) is 2.36. The lowest BCUT2D eigenvalue weighted by molar-refractivity contribution is 0.0505. The van der Waals surface area contributed by atoms with Crippen LogP contribution in [-0.4, -0.2) is 27.5 Å². The minimum atomic E-state index is -3.55. The van der Waals surface area contributed by atoms with E-state index in [4.69, 9.17) is 4.74 Å². The summed E-state index contributed by atoms with van der Waals surface area (Å²) in [6.45, 7) is 4.27. The van der Waals surface area contributed by atoms with Crippen LogP contribution in [0.3, 0.4) is 0 Å². The second kappa shape index (κ2) is 7.10. The second-order valence-corrected chi connectivity index (χ2v) is 5.32. The van der Waals surface area contributed by atoms with E-state index in [-0.39, 0.29) is 0 Å². The van der Waals surface area contributed by atoms with Gasteiger partial charge in [0, 0.05) is 12.2 Å². The SMILES string of the molecule is CCCOC(=O)c1ccc(NS(=O)(=O)NCC)cc1. The van der Waals surface area contributed by atoms with E-state index in [1.54, 1.807) is 6.92 Å². The van der Waals surface area contributed by atoms with Crippen molar-refractivity contribution in [2.24, 2.45) is 0 Å². The van der Waals surface area contributed by atoms with Gasteiger partial charge in [-0.3, -0.25) is 4.72 Å². The molecule has 0 radical (unpaired) electrons. The molecular formula is C12H18N2O4S. The van der Waals surface area contributed by atoms with Crippen molar-refractivity contribution in [2.75, 3.05) is 17.9 Å². The summed E-state index contributed by atoms with van der Waals surface area (Å²) in [6.07, 6.45) is 0.756. The standard InChI is InChI=1S/C12H18N2O4S/c1-3-9-18-12(15)10-5-7-11(8-6-10)14-19(16,17)13-4-2/h5-8,13-14H,3-4,9H2,1-2H3. The summed E-state index contributed by atoms with van der Waals surface area (Å²) >= 11 is 0. The number of ether oxygens (including phenoxy) is 1. The van der Waals surface area contributed by atoms with Gasteiger partial charge in [-0.1, -0.05) is 13.8 Å². The van der Waals surface area contributed by atoms with Gasteiger partial charge in [0.2, 0.25) is 0 Å². The van der Waals surface area contributed by atoms with Gasteiger partial charge in [-0.2, -0.15) is 13.1 Å². The Labute approximate surface area is 113 Å². The maximum atomic E-state index is 11.5. The monoisotopic (exact) mass is 286 g/mol. The summed E-state index contributed by atoms with van der Waals surface area (Å²) in [5.41, 5.74) is 0.771. The van der Waals surface area contributed by atoms with E-state index in [1.165, 1.54) is 24.3 Å². The Morgan fingerprint density at radius 3 is 2.37 bits per heavy atom. The molecule has 1 rings (SSSR count). The predicted octanol–water partition coefficient (Wildman–Crippen LogP) is 1.52. The number of anilines is 1. The van der Waals surface area contributed by atoms with Crippen molar-refractivity contribution < 1.29 is 17.9 Å². The number of nitrogens with one attached hydrogen (secondary N) is 2. The largest absolute Gasteiger partial charge is 0.462 e. The highest BCUT2D eigenvalue weighted by Crippen LogP contribution is 2.11. The first-order valence-corrected chi connectivity index (χ1v) is 7.51. The molecule has 7 heteroatoms. The van der Waals surface area contributed by atoms with E-state index in [1.807, 2.05) is 6.92 Å². The molecule has 0 amide bonds. The van der Waals surface area contributed by atoms with Crippen LogP contribution in [0.2, 0.25) is 0 Å². The Balaban J connectivity index is 2.69. The van der Waals surface area contributed by atoms with Crippen LogP contribution in [0.4, 0.5) is 5.69 Å². The average molecular weight is 286 g/mol. The minimum Gasteiger partial charge on any atom is -0.462 e. The third kappa shape index (κ3) is 5.27. The van der Waals surface area contributed by atoms with E-state index in [0.29, 0.717) is 24.4 Å². The van der Waals surface area contributed by atoms with Gasteiger partial charge in [-0.05, 0) is 30.7 Å². The molecule has 19 heavy (non-hydrogen) atoms. The zero-order valence-corrected chi connectivity index (χ0v) is 11.8. The summed E-state index contributed by atoms with van der Waals surface area (Å²) in [5, 5.41) is 0. The number of rotatable bonds is 7.